The molecule has 0 radical (unpaired) electrons. The molecule has 1 amide bonds. The molecule has 1 N–H and O–H groups in total. The number of carbonyl (C=O) groups excluding carboxylic acids is 4. The number of anilines is 1. The molecule has 2 heterocycles. The number of nitrogens with one attached hydrogen (secondary N) is 1. The van der Waals surface area contributed by atoms with Crippen molar-refractivity contribution in [3.63, 3.8) is 0 Å². The molecule has 0 fully saturated rings. The van der Waals surface area contributed by atoms with Gasteiger partial charge in [0.15, 0.2) is 18.1 Å². The lowest BCUT2D eigenvalue weighted by molar-refractivity contribution is -0.119. The fourth-order valence-electron chi connectivity index (χ4n) is 3.04. The highest BCUT2D eigenvalue weighted by atomic mass is 32.1. The van der Waals surface area contributed by atoms with Gasteiger partial charge in [-0.3, -0.25) is 9.59 Å². The minimum atomic E-state index is -0.828. The Labute approximate surface area is 193 Å². The number of oxazole rings is 1. The number of carbonyl (C=O) groups is 4. The molecule has 0 aliphatic heterocycles. The molecule has 1 aromatic carbocycles. The molecule has 0 aliphatic rings. The number of rotatable bonds is 8. The van der Waals surface area contributed by atoms with Gasteiger partial charge >= 0.3 is 11.9 Å². The zero-order valence-electron chi connectivity index (χ0n) is 18.5. The van der Waals surface area contributed by atoms with Gasteiger partial charge in [-0.1, -0.05) is 18.2 Å². The maximum Gasteiger partial charge on any atom is 0.361 e. The van der Waals surface area contributed by atoms with Crippen molar-refractivity contribution in [1.29, 1.82) is 0 Å². The van der Waals surface area contributed by atoms with Gasteiger partial charge in [-0.05, 0) is 45.4 Å². The third-order valence-electron chi connectivity index (χ3n) is 4.54. The molecule has 172 valence electrons. The van der Waals surface area contributed by atoms with Gasteiger partial charge in [-0.2, -0.15) is 0 Å². The predicted molar refractivity (Wildman–Crippen MR) is 121 cm³/mol. The molecule has 33 heavy (non-hydrogen) atoms. The quantitative estimate of drug-likeness (QED) is 0.384. The Kier molecular flexibility index (Phi) is 7.39. The van der Waals surface area contributed by atoms with Gasteiger partial charge < -0.3 is 19.2 Å². The van der Waals surface area contributed by atoms with Crippen LogP contribution in [0.5, 0.6) is 0 Å². The van der Waals surface area contributed by atoms with Crippen molar-refractivity contribution < 1.29 is 33.1 Å². The van der Waals surface area contributed by atoms with E-state index in [0.717, 1.165) is 11.3 Å². The summed E-state index contributed by atoms with van der Waals surface area (Å²) in [5.74, 6) is -1.90. The molecule has 0 aliphatic carbocycles. The van der Waals surface area contributed by atoms with E-state index in [9.17, 15) is 19.2 Å². The van der Waals surface area contributed by atoms with Gasteiger partial charge in [-0.15, -0.1) is 11.3 Å². The Morgan fingerprint density at radius 2 is 1.76 bits per heavy atom. The van der Waals surface area contributed by atoms with Crippen molar-refractivity contribution in [1.82, 2.24) is 4.98 Å². The van der Waals surface area contributed by atoms with Crippen LogP contribution in [0.2, 0.25) is 0 Å². The number of nitrogens with zero attached hydrogens (tertiary/aromatic N) is 1. The van der Waals surface area contributed by atoms with Crippen LogP contribution in [0, 0.1) is 13.8 Å². The third kappa shape index (κ3) is 5.35. The lowest BCUT2D eigenvalue weighted by Gasteiger charge is -2.07. The van der Waals surface area contributed by atoms with Crippen LogP contribution in [0.1, 0.15) is 55.7 Å². The fourth-order valence-corrected chi connectivity index (χ4v) is 4.14. The molecule has 2 aromatic heterocycles. The number of esters is 2. The molecule has 0 unspecified atom stereocenters. The van der Waals surface area contributed by atoms with Crippen LogP contribution in [0.3, 0.4) is 0 Å². The maximum atomic E-state index is 12.4. The fraction of sp³-hybridized carbons (Fsp3) is 0.261. The van der Waals surface area contributed by atoms with E-state index in [-0.39, 0.29) is 40.3 Å². The molecule has 9 nitrogen and oxygen atoms in total. The van der Waals surface area contributed by atoms with Gasteiger partial charge in [0.25, 0.3) is 5.91 Å². The number of thiophene rings is 1. The molecular weight excluding hydrogens is 448 g/mol. The summed E-state index contributed by atoms with van der Waals surface area (Å²) >= 11 is 0.961. The summed E-state index contributed by atoms with van der Waals surface area (Å²) in [6.07, 6.45) is 0. The summed E-state index contributed by atoms with van der Waals surface area (Å²) in [5.41, 5.74) is 1.18. The van der Waals surface area contributed by atoms with Crippen LogP contribution in [-0.2, 0) is 14.3 Å². The summed E-state index contributed by atoms with van der Waals surface area (Å²) < 4.78 is 15.6. The number of aromatic nitrogens is 1. The number of ketones is 1. The number of benzene rings is 1. The molecule has 0 saturated carbocycles. The molecule has 0 bridgehead atoms. The minimum absolute atomic E-state index is 0.0419. The second-order valence-corrected chi connectivity index (χ2v) is 7.97. The van der Waals surface area contributed by atoms with Gasteiger partial charge in [0.05, 0.1) is 17.0 Å². The Morgan fingerprint density at radius 3 is 2.39 bits per heavy atom. The third-order valence-corrected chi connectivity index (χ3v) is 5.85. The number of ether oxygens (including phenoxy) is 2. The lowest BCUT2D eigenvalue weighted by Crippen LogP contribution is -2.22. The van der Waals surface area contributed by atoms with Crippen LogP contribution in [0.15, 0.2) is 34.7 Å². The van der Waals surface area contributed by atoms with Crippen molar-refractivity contribution in [2.45, 2.75) is 27.7 Å². The normalized spacial score (nSPS) is 10.5. The highest BCUT2D eigenvalue weighted by molar-refractivity contribution is 7.18. The summed E-state index contributed by atoms with van der Waals surface area (Å²) in [6, 6.07) is 9.03. The van der Waals surface area contributed by atoms with Crippen LogP contribution >= 0.6 is 11.3 Å². The highest BCUT2D eigenvalue weighted by Gasteiger charge is 2.26. The largest absolute Gasteiger partial charge is 0.462 e. The van der Waals surface area contributed by atoms with Crippen LogP contribution in [0.4, 0.5) is 5.00 Å². The van der Waals surface area contributed by atoms with E-state index in [4.69, 9.17) is 13.9 Å². The van der Waals surface area contributed by atoms with Crippen molar-refractivity contribution in [2.24, 2.45) is 0 Å². The topological polar surface area (TPSA) is 125 Å². The maximum absolute atomic E-state index is 12.4. The number of aryl methyl sites for hydroxylation is 1. The first-order chi connectivity index (χ1) is 15.7. The standard InChI is InChI=1S/C23H22N2O7S/c1-5-30-22(28)17-12(2)19(13(3)26)33-21(17)24-16(27)11-31-23(29)18-14(4)32-20(25-18)15-9-7-6-8-10-15/h6-10H,5,11H2,1-4H3,(H,24,27). The zero-order valence-corrected chi connectivity index (χ0v) is 19.3. The summed E-state index contributed by atoms with van der Waals surface area (Å²) in [5, 5.41) is 2.68. The Bertz CT molecular complexity index is 1210. The SMILES string of the molecule is CCOC(=O)c1c(NC(=O)COC(=O)c2nc(-c3ccccc3)oc2C)sc(C(C)=O)c1C. The van der Waals surface area contributed by atoms with E-state index >= 15 is 0 Å². The van der Waals surface area contributed by atoms with Gasteiger partial charge in [0.2, 0.25) is 5.89 Å². The number of amides is 1. The van der Waals surface area contributed by atoms with E-state index in [1.54, 1.807) is 32.9 Å². The van der Waals surface area contributed by atoms with Gasteiger partial charge in [-0.25, -0.2) is 14.6 Å². The van der Waals surface area contributed by atoms with Crippen LogP contribution < -0.4 is 5.32 Å². The highest BCUT2D eigenvalue weighted by Crippen LogP contribution is 2.34. The molecule has 0 saturated heterocycles. The van der Waals surface area contributed by atoms with Crippen molar-refractivity contribution in [3.05, 3.63) is 57.8 Å². The second kappa shape index (κ2) is 10.2. The number of Topliss-reactive ketones (excluding diaryl/α,β-unsaturated/α-hetero) is 1. The molecule has 3 rings (SSSR count). The summed E-state index contributed by atoms with van der Waals surface area (Å²) in [6.45, 7) is 5.70. The van der Waals surface area contributed by atoms with Crippen molar-refractivity contribution >= 4 is 40.0 Å². The first kappa shape index (κ1) is 23.9. The Hall–Kier alpha value is -3.79. The number of hydrogen-bond donors (Lipinski definition) is 1. The minimum Gasteiger partial charge on any atom is -0.462 e. The van der Waals surface area contributed by atoms with Crippen molar-refractivity contribution in [3.8, 4) is 11.5 Å². The first-order valence-electron chi connectivity index (χ1n) is 10.0. The first-order valence-corrected chi connectivity index (χ1v) is 10.9. The zero-order chi connectivity index (χ0) is 24.1. The van der Waals surface area contributed by atoms with E-state index in [2.05, 4.69) is 10.3 Å². The second-order valence-electron chi connectivity index (χ2n) is 6.95. The summed E-state index contributed by atoms with van der Waals surface area (Å²) in [7, 11) is 0. The Morgan fingerprint density at radius 1 is 1.06 bits per heavy atom. The average molecular weight is 471 g/mol. The molecule has 10 heteroatoms. The monoisotopic (exact) mass is 470 g/mol. The predicted octanol–water partition coefficient (Wildman–Crippen LogP) is 4.19. The van der Waals surface area contributed by atoms with E-state index in [1.807, 2.05) is 18.2 Å². The van der Waals surface area contributed by atoms with Gasteiger partial charge in [0, 0.05) is 5.56 Å². The molecule has 0 spiro atoms. The Balaban J connectivity index is 1.70. The van der Waals surface area contributed by atoms with E-state index in [0.29, 0.717) is 16.0 Å². The van der Waals surface area contributed by atoms with Gasteiger partial charge in [0.1, 0.15) is 10.8 Å². The summed E-state index contributed by atoms with van der Waals surface area (Å²) in [4.78, 5) is 53.5. The molecule has 0 atom stereocenters. The average Bonchev–Trinajstić information content (AvgIpc) is 3.33. The smallest absolute Gasteiger partial charge is 0.361 e. The number of hydrogen-bond acceptors (Lipinski definition) is 9. The van der Waals surface area contributed by atoms with Crippen LogP contribution in [-0.4, -0.2) is 41.8 Å². The lowest BCUT2D eigenvalue weighted by atomic mass is 10.1. The van der Waals surface area contributed by atoms with E-state index in [1.165, 1.54) is 6.92 Å². The molecule has 3 aromatic rings. The molecular formula is C23H22N2O7S. The van der Waals surface area contributed by atoms with Crippen molar-refractivity contribution in [2.75, 3.05) is 18.5 Å². The van der Waals surface area contributed by atoms with Crippen LogP contribution in [0.25, 0.3) is 11.5 Å². The van der Waals surface area contributed by atoms with E-state index < -0.39 is 24.5 Å².